The van der Waals surface area contributed by atoms with Crippen molar-refractivity contribution in [1.82, 2.24) is 4.98 Å². The maximum absolute atomic E-state index is 12.6. The number of alkyl halides is 3. The molecule has 6 heteroatoms. The van der Waals surface area contributed by atoms with E-state index in [-0.39, 0.29) is 11.3 Å². The van der Waals surface area contributed by atoms with Crippen LogP contribution >= 0.6 is 0 Å². The highest BCUT2D eigenvalue weighted by molar-refractivity contribution is 5.76. The SMILES string of the molecule is Nc1ccc(C(F)(F)F)cc1-c1ccc(F)nc1. The number of halogens is 4. The molecule has 2 rings (SSSR count). The van der Waals surface area contributed by atoms with Crippen molar-refractivity contribution < 1.29 is 17.6 Å². The van der Waals surface area contributed by atoms with E-state index in [0.717, 1.165) is 24.4 Å². The molecule has 0 aliphatic rings. The number of nitrogen functional groups attached to an aromatic ring is 1. The van der Waals surface area contributed by atoms with Gasteiger partial charge in [-0.2, -0.15) is 17.6 Å². The molecule has 1 aromatic heterocycles. The van der Waals surface area contributed by atoms with Crippen LogP contribution in [-0.4, -0.2) is 4.98 Å². The molecular weight excluding hydrogens is 248 g/mol. The average molecular weight is 256 g/mol. The van der Waals surface area contributed by atoms with Gasteiger partial charge in [0.25, 0.3) is 0 Å². The molecule has 2 nitrogen and oxygen atoms in total. The molecule has 0 spiro atoms. The predicted octanol–water partition coefficient (Wildman–Crippen LogP) is 3.49. The third-order valence-corrected chi connectivity index (χ3v) is 2.42. The predicted molar refractivity (Wildman–Crippen MR) is 59.0 cm³/mol. The molecule has 0 unspecified atom stereocenters. The zero-order valence-electron chi connectivity index (χ0n) is 9.00. The van der Waals surface area contributed by atoms with Crippen molar-refractivity contribution in [1.29, 1.82) is 0 Å². The molecule has 0 aliphatic heterocycles. The molecule has 2 aromatic rings. The van der Waals surface area contributed by atoms with Gasteiger partial charge in [0.1, 0.15) is 0 Å². The Kier molecular flexibility index (Phi) is 2.94. The first-order valence-electron chi connectivity index (χ1n) is 4.96. The first-order valence-corrected chi connectivity index (χ1v) is 4.96. The van der Waals surface area contributed by atoms with Crippen molar-refractivity contribution >= 4 is 5.69 Å². The van der Waals surface area contributed by atoms with E-state index in [4.69, 9.17) is 5.73 Å². The van der Waals surface area contributed by atoms with E-state index in [1.54, 1.807) is 0 Å². The number of hydrogen-bond acceptors (Lipinski definition) is 2. The van der Waals surface area contributed by atoms with Crippen LogP contribution in [0.5, 0.6) is 0 Å². The molecule has 0 saturated heterocycles. The number of pyridine rings is 1. The van der Waals surface area contributed by atoms with E-state index in [0.29, 0.717) is 5.56 Å². The van der Waals surface area contributed by atoms with Crippen LogP contribution in [0.15, 0.2) is 36.5 Å². The van der Waals surface area contributed by atoms with Crippen molar-refractivity contribution in [2.24, 2.45) is 0 Å². The Morgan fingerprint density at radius 1 is 1.06 bits per heavy atom. The Bertz CT molecular complexity index is 561. The maximum atomic E-state index is 12.6. The first-order chi connectivity index (χ1) is 8.38. The Balaban J connectivity index is 2.53. The molecule has 0 bridgehead atoms. The van der Waals surface area contributed by atoms with Gasteiger partial charge in [0.15, 0.2) is 0 Å². The van der Waals surface area contributed by atoms with Gasteiger partial charge in [-0.15, -0.1) is 0 Å². The summed E-state index contributed by atoms with van der Waals surface area (Å²) in [5.41, 5.74) is 5.49. The second-order valence-corrected chi connectivity index (χ2v) is 3.67. The second kappa shape index (κ2) is 4.29. The van der Waals surface area contributed by atoms with Gasteiger partial charge < -0.3 is 5.73 Å². The van der Waals surface area contributed by atoms with E-state index >= 15 is 0 Å². The van der Waals surface area contributed by atoms with E-state index in [1.165, 1.54) is 12.1 Å². The lowest BCUT2D eigenvalue weighted by Gasteiger charge is -2.11. The Morgan fingerprint density at radius 2 is 1.78 bits per heavy atom. The van der Waals surface area contributed by atoms with Crippen molar-refractivity contribution in [3.63, 3.8) is 0 Å². The van der Waals surface area contributed by atoms with Crippen LogP contribution in [0.3, 0.4) is 0 Å². The Labute approximate surface area is 100 Å². The largest absolute Gasteiger partial charge is 0.416 e. The average Bonchev–Trinajstić information content (AvgIpc) is 2.29. The third-order valence-electron chi connectivity index (χ3n) is 2.42. The van der Waals surface area contributed by atoms with E-state index < -0.39 is 17.7 Å². The smallest absolute Gasteiger partial charge is 0.398 e. The first kappa shape index (κ1) is 12.3. The van der Waals surface area contributed by atoms with Gasteiger partial charge in [-0.25, -0.2) is 4.98 Å². The number of aromatic nitrogens is 1. The molecule has 0 atom stereocenters. The summed E-state index contributed by atoms with van der Waals surface area (Å²) in [4.78, 5) is 3.38. The van der Waals surface area contributed by atoms with Gasteiger partial charge in [0.2, 0.25) is 5.95 Å². The minimum absolute atomic E-state index is 0.177. The monoisotopic (exact) mass is 256 g/mol. The van der Waals surface area contributed by atoms with Gasteiger partial charge in [0.05, 0.1) is 5.56 Å². The molecule has 0 fully saturated rings. The highest BCUT2D eigenvalue weighted by Gasteiger charge is 2.30. The van der Waals surface area contributed by atoms with Crippen LogP contribution in [0.2, 0.25) is 0 Å². The number of benzene rings is 1. The number of rotatable bonds is 1. The highest BCUT2D eigenvalue weighted by Crippen LogP contribution is 2.34. The van der Waals surface area contributed by atoms with Crippen LogP contribution in [-0.2, 0) is 6.18 Å². The quantitative estimate of drug-likeness (QED) is 0.482. The van der Waals surface area contributed by atoms with Gasteiger partial charge >= 0.3 is 6.18 Å². The third kappa shape index (κ3) is 2.42. The summed E-state index contributed by atoms with van der Waals surface area (Å²) in [7, 11) is 0. The van der Waals surface area contributed by atoms with Crippen molar-refractivity contribution in [2.75, 3.05) is 5.73 Å². The lowest BCUT2D eigenvalue weighted by molar-refractivity contribution is -0.137. The zero-order chi connectivity index (χ0) is 13.3. The molecule has 1 aromatic carbocycles. The molecule has 0 aliphatic carbocycles. The molecule has 0 saturated carbocycles. The van der Waals surface area contributed by atoms with Crippen LogP contribution < -0.4 is 5.73 Å². The number of nitrogens with two attached hydrogens (primary N) is 1. The van der Waals surface area contributed by atoms with Crippen molar-refractivity contribution in [3.05, 3.63) is 48.0 Å². The molecular formula is C12H8F4N2. The second-order valence-electron chi connectivity index (χ2n) is 3.67. The van der Waals surface area contributed by atoms with Crippen LogP contribution in [0.25, 0.3) is 11.1 Å². The van der Waals surface area contributed by atoms with Gasteiger partial charge in [-0.3, -0.25) is 0 Å². The van der Waals surface area contributed by atoms with Gasteiger partial charge in [-0.1, -0.05) is 0 Å². The fourth-order valence-electron chi connectivity index (χ4n) is 1.52. The van der Waals surface area contributed by atoms with Crippen LogP contribution in [0.4, 0.5) is 23.2 Å². The summed E-state index contributed by atoms with van der Waals surface area (Å²) in [6.07, 6.45) is -3.31. The number of nitrogens with zero attached hydrogens (tertiary/aromatic N) is 1. The molecule has 2 N–H and O–H groups in total. The minimum Gasteiger partial charge on any atom is -0.398 e. The molecule has 0 radical (unpaired) electrons. The summed E-state index contributed by atoms with van der Waals surface area (Å²) >= 11 is 0. The van der Waals surface area contributed by atoms with Crippen molar-refractivity contribution in [2.45, 2.75) is 6.18 Å². The maximum Gasteiger partial charge on any atom is 0.416 e. The fourth-order valence-corrected chi connectivity index (χ4v) is 1.52. The van der Waals surface area contributed by atoms with E-state index in [1.807, 2.05) is 0 Å². The number of anilines is 1. The fraction of sp³-hybridized carbons (Fsp3) is 0.0833. The standard InChI is InChI=1S/C12H8F4N2/c13-11-4-1-7(6-18-11)9-5-8(12(14,15)16)2-3-10(9)17/h1-6H,17H2. The minimum atomic E-state index is -4.45. The van der Waals surface area contributed by atoms with E-state index in [2.05, 4.69) is 4.98 Å². The molecule has 1 heterocycles. The summed E-state index contributed by atoms with van der Waals surface area (Å²) in [6, 6.07) is 5.38. The Morgan fingerprint density at radius 3 is 2.33 bits per heavy atom. The summed E-state index contributed by atoms with van der Waals surface area (Å²) in [5, 5.41) is 0. The topological polar surface area (TPSA) is 38.9 Å². The van der Waals surface area contributed by atoms with Crippen molar-refractivity contribution in [3.8, 4) is 11.1 Å². The van der Waals surface area contributed by atoms with Crippen LogP contribution in [0, 0.1) is 5.95 Å². The summed E-state index contributed by atoms with van der Waals surface area (Å²) in [6.45, 7) is 0. The molecule has 0 amide bonds. The summed E-state index contributed by atoms with van der Waals surface area (Å²) in [5.74, 6) is -0.704. The molecule has 18 heavy (non-hydrogen) atoms. The number of hydrogen-bond donors (Lipinski definition) is 1. The zero-order valence-corrected chi connectivity index (χ0v) is 9.00. The van der Waals surface area contributed by atoms with Gasteiger partial charge in [0, 0.05) is 23.0 Å². The highest BCUT2D eigenvalue weighted by atomic mass is 19.4. The Hall–Kier alpha value is -2.11. The lowest BCUT2D eigenvalue weighted by Crippen LogP contribution is -2.05. The van der Waals surface area contributed by atoms with Crippen LogP contribution in [0.1, 0.15) is 5.56 Å². The lowest BCUT2D eigenvalue weighted by atomic mass is 10.0. The molecule has 94 valence electrons. The normalized spacial score (nSPS) is 11.6. The van der Waals surface area contributed by atoms with Gasteiger partial charge in [-0.05, 0) is 30.3 Å². The van der Waals surface area contributed by atoms with E-state index in [9.17, 15) is 17.6 Å². The summed E-state index contributed by atoms with van der Waals surface area (Å²) < 4.78 is 50.3.